The van der Waals surface area contributed by atoms with E-state index < -0.39 is 4.92 Å². The molecule has 8 heteroatoms. The lowest BCUT2D eigenvalue weighted by atomic mass is 10.1. The van der Waals surface area contributed by atoms with Crippen LogP contribution in [0.5, 0.6) is 0 Å². The van der Waals surface area contributed by atoms with Crippen molar-refractivity contribution in [1.29, 1.82) is 0 Å². The first kappa shape index (κ1) is 16.9. The van der Waals surface area contributed by atoms with Gasteiger partial charge in [-0.3, -0.25) is 14.8 Å². The minimum atomic E-state index is -0.445. The molecule has 8 nitrogen and oxygen atoms in total. The van der Waals surface area contributed by atoms with Gasteiger partial charge in [0.2, 0.25) is 0 Å². The minimum absolute atomic E-state index is 0.0163. The van der Waals surface area contributed by atoms with E-state index in [2.05, 4.69) is 10.4 Å². The van der Waals surface area contributed by atoms with Crippen LogP contribution in [0.15, 0.2) is 30.6 Å². The first-order valence-corrected chi connectivity index (χ1v) is 8.26. The summed E-state index contributed by atoms with van der Waals surface area (Å²) in [6.45, 7) is 5.02. The number of amides is 2. The van der Waals surface area contributed by atoms with Crippen LogP contribution in [0.3, 0.4) is 0 Å². The molecule has 2 heterocycles. The van der Waals surface area contributed by atoms with Gasteiger partial charge in [-0.05, 0) is 43.9 Å². The maximum atomic E-state index is 12.6. The van der Waals surface area contributed by atoms with E-state index in [4.69, 9.17) is 0 Å². The number of likely N-dealkylation sites (tertiary alicyclic amines) is 1. The quantitative estimate of drug-likeness (QED) is 0.683. The molecule has 1 aromatic carbocycles. The summed E-state index contributed by atoms with van der Waals surface area (Å²) >= 11 is 0. The molecule has 2 amide bonds. The van der Waals surface area contributed by atoms with Gasteiger partial charge in [0.25, 0.3) is 5.69 Å². The lowest BCUT2D eigenvalue weighted by molar-refractivity contribution is -0.384. The van der Waals surface area contributed by atoms with Gasteiger partial charge in [0, 0.05) is 37.1 Å². The second-order valence-electron chi connectivity index (χ2n) is 6.43. The molecule has 1 saturated heterocycles. The number of nitro benzene ring substituents is 1. The second-order valence-corrected chi connectivity index (χ2v) is 6.43. The van der Waals surface area contributed by atoms with E-state index in [1.54, 1.807) is 17.9 Å². The van der Waals surface area contributed by atoms with E-state index in [0.717, 1.165) is 18.4 Å². The zero-order chi connectivity index (χ0) is 18.0. The van der Waals surface area contributed by atoms with Gasteiger partial charge in [-0.2, -0.15) is 5.10 Å². The van der Waals surface area contributed by atoms with Crippen LogP contribution in [0.1, 0.15) is 30.0 Å². The first-order valence-electron chi connectivity index (χ1n) is 8.26. The van der Waals surface area contributed by atoms with Crippen molar-refractivity contribution in [2.75, 3.05) is 18.4 Å². The van der Waals surface area contributed by atoms with Crippen molar-refractivity contribution < 1.29 is 9.72 Å². The largest absolute Gasteiger partial charge is 0.322 e. The number of hydrogen-bond donors (Lipinski definition) is 1. The van der Waals surface area contributed by atoms with Gasteiger partial charge in [-0.1, -0.05) is 0 Å². The Bertz CT molecular complexity index is 801. The van der Waals surface area contributed by atoms with Gasteiger partial charge in [-0.25, -0.2) is 4.79 Å². The predicted molar refractivity (Wildman–Crippen MR) is 93.7 cm³/mol. The molecule has 25 heavy (non-hydrogen) atoms. The molecule has 0 radical (unpaired) electrons. The van der Waals surface area contributed by atoms with Crippen molar-refractivity contribution >= 4 is 17.4 Å². The molecule has 1 aliphatic rings. The van der Waals surface area contributed by atoms with E-state index in [0.29, 0.717) is 24.3 Å². The molecule has 0 saturated carbocycles. The third kappa shape index (κ3) is 3.78. The van der Waals surface area contributed by atoms with E-state index in [1.165, 1.54) is 12.1 Å². The van der Waals surface area contributed by atoms with Crippen molar-refractivity contribution in [3.05, 3.63) is 51.8 Å². The van der Waals surface area contributed by atoms with Gasteiger partial charge in [0.1, 0.15) is 0 Å². The fourth-order valence-electron chi connectivity index (χ4n) is 3.08. The van der Waals surface area contributed by atoms with Crippen LogP contribution in [-0.2, 0) is 0 Å². The Morgan fingerprint density at radius 3 is 2.84 bits per heavy atom. The number of benzene rings is 1. The molecule has 0 aliphatic carbocycles. The summed E-state index contributed by atoms with van der Waals surface area (Å²) in [7, 11) is 0. The molecule has 3 rings (SSSR count). The number of rotatable bonds is 3. The molecular formula is C17H21N5O3. The number of carbonyl (C=O) groups excluding carboxylic acids is 1. The molecule has 1 unspecified atom stereocenters. The molecule has 0 bridgehead atoms. The summed E-state index contributed by atoms with van der Waals surface area (Å²) in [5.41, 5.74) is 2.37. The van der Waals surface area contributed by atoms with Gasteiger partial charge in [0.05, 0.1) is 17.2 Å². The van der Waals surface area contributed by atoms with Crippen molar-refractivity contribution in [3.8, 4) is 0 Å². The molecule has 2 aromatic rings. The van der Waals surface area contributed by atoms with E-state index >= 15 is 0 Å². The number of nitrogens with one attached hydrogen (secondary N) is 1. The van der Waals surface area contributed by atoms with Crippen LogP contribution in [0, 0.1) is 24.0 Å². The molecule has 1 fully saturated rings. The number of nitrogens with zero attached hydrogens (tertiary/aromatic N) is 4. The number of aryl methyl sites for hydroxylation is 2. The maximum absolute atomic E-state index is 12.6. The SMILES string of the molecule is Cc1cnn(C2CCCN(C(=O)Nc3ccc([N+](=O)[O-])cc3C)C2)c1. The number of piperidine rings is 1. The summed E-state index contributed by atoms with van der Waals surface area (Å²) in [6, 6.07) is 4.41. The van der Waals surface area contributed by atoms with E-state index in [1.807, 2.05) is 24.0 Å². The third-order valence-electron chi connectivity index (χ3n) is 4.45. The lowest BCUT2D eigenvalue weighted by Gasteiger charge is -2.33. The Morgan fingerprint density at radius 2 is 2.20 bits per heavy atom. The standard InChI is InChI=1S/C17H21N5O3/c1-12-9-18-21(10-12)15-4-3-7-20(11-15)17(23)19-16-6-5-14(22(24)25)8-13(16)2/h5-6,8-10,15H,3-4,7,11H2,1-2H3,(H,19,23). The van der Waals surface area contributed by atoms with Crippen LogP contribution in [0.4, 0.5) is 16.2 Å². The number of aromatic nitrogens is 2. The van der Waals surface area contributed by atoms with Crippen molar-refractivity contribution in [2.24, 2.45) is 0 Å². The average molecular weight is 343 g/mol. The molecule has 1 atom stereocenters. The van der Waals surface area contributed by atoms with Crippen molar-refractivity contribution in [3.63, 3.8) is 0 Å². The Labute approximate surface area is 145 Å². The highest BCUT2D eigenvalue weighted by atomic mass is 16.6. The summed E-state index contributed by atoms with van der Waals surface area (Å²) in [6.07, 6.45) is 5.71. The summed E-state index contributed by atoms with van der Waals surface area (Å²) in [4.78, 5) is 24.7. The molecular weight excluding hydrogens is 322 g/mol. The minimum Gasteiger partial charge on any atom is -0.322 e. The van der Waals surface area contributed by atoms with Gasteiger partial charge >= 0.3 is 6.03 Å². The summed E-state index contributed by atoms with van der Waals surface area (Å²) in [5.74, 6) is 0. The molecule has 132 valence electrons. The van der Waals surface area contributed by atoms with Crippen LogP contribution >= 0.6 is 0 Å². The second kappa shape index (κ2) is 6.92. The number of urea groups is 1. The third-order valence-corrected chi connectivity index (χ3v) is 4.45. The fraction of sp³-hybridized carbons (Fsp3) is 0.412. The van der Waals surface area contributed by atoms with Crippen LogP contribution in [-0.4, -0.2) is 38.7 Å². The van der Waals surface area contributed by atoms with Crippen molar-refractivity contribution in [2.45, 2.75) is 32.7 Å². The highest BCUT2D eigenvalue weighted by molar-refractivity contribution is 5.90. The topological polar surface area (TPSA) is 93.3 Å². The average Bonchev–Trinajstić information content (AvgIpc) is 3.03. The smallest absolute Gasteiger partial charge is 0.321 e. The predicted octanol–water partition coefficient (Wildman–Crippen LogP) is 3.28. The highest BCUT2D eigenvalue weighted by Crippen LogP contribution is 2.24. The normalized spacial score (nSPS) is 17.4. The number of non-ortho nitro benzene ring substituents is 1. The van der Waals surface area contributed by atoms with Gasteiger partial charge in [0.15, 0.2) is 0 Å². The molecule has 1 aromatic heterocycles. The number of carbonyl (C=O) groups is 1. The highest BCUT2D eigenvalue weighted by Gasteiger charge is 2.25. The zero-order valence-corrected chi connectivity index (χ0v) is 14.3. The molecule has 0 spiro atoms. The summed E-state index contributed by atoms with van der Waals surface area (Å²) in [5, 5.41) is 18.0. The monoisotopic (exact) mass is 343 g/mol. The molecule has 1 N–H and O–H groups in total. The Morgan fingerprint density at radius 1 is 1.40 bits per heavy atom. The Balaban J connectivity index is 1.67. The van der Waals surface area contributed by atoms with Crippen LogP contribution < -0.4 is 5.32 Å². The first-order chi connectivity index (χ1) is 11.9. The summed E-state index contributed by atoms with van der Waals surface area (Å²) < 4.78 is 1.92. The lowest BCUT2D eigenvalue weighted by Crippen LogP contribution is -2.43. The fourth-order valence-corrected chi connectivity index (χ4v) is 3.08. The van der Waals surface area contributed by atoms with Gasteiger partial charge < -0.3 is 10.2 Å². The number of hydrogen-bond acceptors (Lipinski definition) is 4. The van der Waals surface area contributed by atoms with Crippen molar-refractivity contribution in [1.82, 2.24) is 14.7 Å². The van der Waals surface area contributed by atoms with Crippen LogP contribution in [0.2, 0.25) is 0 Å². The Kier molecular flexibility index (Phi) is 4.69. The van der Waals surface area contributed by atoms with E-state index in [-0.39, 0.29) is 17.8 Å². The van der Waals surface area contributed by atoms with Gasteiger partial charge in [-0.15, -0.1) is 0 Å². The molecule has 1 aliphatic heterocycles. The van der Waals surface area contributed by atoms with E-state index in [9.17, 15) is 14.9 Å². The number of nitro groups is 1. The maximum Gasteiger partial charge on any atom is 0.321 e. The number of anilines is 1. The Hall–Kier alpha value is -2.90. The zero-order valence-electron chi connectivity index (χ0n) is 14.3. The van der Waals surface area contributed by atoms with Crippen LogP contribution in [0.25, 0.3) is 0 Å².